The van der Waals surface area contributed by atoms with Crippen molar-refractivity contribution in [2.45, 2.75) is 19.3 Å². The van der Waals surface area contributed by atoms with Crippen molar-refractivity contribution in [2.75, 3.05) is 25.5 Å². The number of alkyl halides is 1. The molecule has 0 atom stereocenters. The molecule has 0 saturated heterocycles. The van der Waals surface area contributed by atoms with Crippen LogP contribution < -0.4 is 4.74 Å². The van der Waals surface area contributed by atoms with Gasteiger partial charge in [-0.05, 0) is 25.0 Å². The van der Waals surface area contributed by atoms with Gasteiger partial charge in [0.05, 0.1) is 6.54 Å². The Balaban J connectivity index is 2.25. The molecule has 3 nitrogen and oxygen atoms in total. The number of halogens is 2. The van der Waals surface area contributed by atoms with Crippen molar-refractivity contribution in [3.05, 3.63) is 30.1 Å². The van der Waals surface area contributed by atoms with Crippen molar-refractivity contribution in [3.8, 4) is 5.75 Å². The molecule has 5 heteroatoms. The summed E-state index contributed by atoms with van der Waals surface area (Å²) in [5.74, 6) is -0.0606. The van der Waals surface area contributed by atoms with E-state index < -0.39 is 0 Å². The zero-order chi connectivity index (χ0) is 14.1. The van der Waals surface area contributed by atoms with Crippen molar-refractivity contribution < 1.29 is 13.9 Å². The van der Waals surface area contributed by atoms with Gasteiger partial charge in [0.2, 0.25) is 5.91 Å². The third kappa shape index (κ3) is 6.05. The fourth-order valence-electron chi connectivity index (χ4n) is 1.54. The first-order chi connectivity index (χ1) is 9.15. The van der Waals surface area contributed by atoms with E-state index in [0.717, 1.165) is 18.2 Å². The van der Waals surface area contributed by atoms with Crippen LogP contribution in [0.3, 0.4) is 0 Å². The van der Waals surface area contributed by atoms with Crippen molar-refractivity contribution >= 4 is 21.8 Å². The molecule has 0 unspecified atom stereocenters. The van der Waals surface area contributed by atoms with Crippen LogP contribution in [0.4, 0.5) is 4.39 Å². The predicted octanol–water partition coefficient (Wildman–Crippen LogP) is 3.23. The number of likely N-dealkylation sites (N-methyl/N-ethyl adjacent to an activating group) is 1. The Morgan fingerprint density at radius 2 is 2.11 bits per heavy atom. The zero-order valence-electron chi connectivity index (χ0n) is 11.1. The molecule has 0 bridgehead atoms. The number of unbranched alkanes of at least 4 members (excludes halogenated alkanes) is 1. The molecule has 0 aliphatic heterocycles. The summed E-state index contributed by atoms with van der Waals surface area (Å²) >= 11 is 3.33. The second-order valence-electron chi connectivity index (χ2n) is 4.24. The van der Waals surface area contributed by atoms with Crippen LogP contribution in [0.15, 0.2) is 24.3 Å². The standard InChI is InChI=1S/C14H19BrFNO2/c1-17(14(18)8-4-5-9-15)10-11-19-13-7-3-2-6-12(13)16/h2-3,6-7H,4-5,8-11H2,1H3. The van der Waals surface area contributed by atoms with Gasteiger partial charge in [0, 0.05) is 18.8 Å². The Bertz CT molecular complexity index is 401. The number of rotatable bonds is 8. The molecule has 0 heterocycles. The maximum Gasteiger partial charge on any atom is 0.222 e. The third-order valence-corrected chi connectivity index (χ3v) is 3.28. The largest absolute Gasteiger partial charge is 0.489 e. The highest BCUT2D eigenvalue weighted by atomic mass is 79.9. The molecule has 0 aromatic heterocycles. The summed E-state index contributed by atoms with van der Waals surface area (Å²) < 4.78 is 18.6. The summed E-state index contributed by atoms with van der Waals surface area (Å²) in [6.07, 6.45) is 2.41. The van der Waals surface area contributed by atoms with Gasteiger partial charge in [-0.1, -0.05) is 28.1 Å². The Labute approximate surface area is 121 Å². The molecular weight excluding hydrogens is 313 g/mol. The lowest BCUT2D eigenvalue weighted by Gasteiger charge is -2.17. The van der Waals surface area contributed by atoms with Gasteiger partial charge in [-0.2, -0.15) is 0 Å². The highest BCUT2D eigenvalue weighted by Crippen LogP contribution is 2.15. The Morgan fingerprint density at radius 3 is 2.79 bits per heavy atom. The molecule has 0 radical (unpaired) electrons. The number of ether oxygens (including phenoxy) is 1. The minimum Gasteiger partial charge on any atom is -0.489 e. The van der Waals surface area contributed by atoms with E-state index in [9.17, 15) is 9.18 Å². The van der Waals surface area contributed by atoms with Gasteiger partial charge in [0.15, 0.2) is 11.6 Å². The molecule has 0 aliphatic rings. The average Bonchev–Trinajstić information content (AvgIpc) is 2.41. The first-order valence-corrected chi connectivity index (χ1v) is 7.44. The molecule has 1 amide bonds. The summed E-state index contributed by atoms with van der Waals surface area (Å²) in [6.45, 7) is 0.753. The fraction of sp³-hybridized carbons (Fsp3) is 0.500. The van der Waals surface area contributed by atoms with Crippen LogP contribution in [0.2, 0.25) is 0 Å². The number of hydrogen-bond acceptors (Lipinski definition) is 2. The van der Waals surface area contributed by atoms with E-state index in [0.29, 0.717) is 19.6 Å². The van der Waals surface area contributed by atoms with Crippen LogP contribution in [0, 0.1) is 5.82 Å². The molecule has 106 valence electrons. The van der Waals surface area contributed by atoms with Crippen molar-refractivity contribution in [1.29, 1.82) is 0 Å². The highest BCUT2D eigenvalue weighted by molar-refractivity contribution is 9.09. The smallest absolute Gasteiger partial charge is 0.222 e. The second kappa shape index (κ2) is 8.91. The van der Waals surface area contributed by atoms with E-state index in [1.165, 1.54) is 6.07 Å². The van der Waals surface area contributed by atoms with E-state index in [1.54, 1.807) is 30.1 Å². The molecule has 0 spiro atoms. The van der Waals surface area contributed by atoms with Crippen LogP contribution in [0.5, 0.6) is 5.75 Å². The molecule has 0 aliphatic carbocycles. The summed E-state index contributed by atoms with van der Waals surface area (Å²) in [5.41, 5.74) is 0. The van der Waals surface area contributed by atoms with Gasteiger partial charge >= 0.3 is 0 Å². The van der Waals surface area contributed by atoms with E-state index in [4.69, 9.17) is 4.74 Å². The number of carbonyl (C=O) groups excluding carboxylic acids is 1. The number of nitrogens with zero attached hydrogens (tertiary/aromatic N) is 1. The topological polar surface area (TPSA) is 29.5 Å². The predicted molar refractivity (Wildman–Crippen MR) is 77.2 cm³/mol. The summed E-state index contributed by atoms with van der Waals surface area (Å²) in [5, 5.41) is 0.917. The maximum atomic E-state index is 13.3. The third-order valence-electron chi connectivity index (χ3n) is 2.72. The number of benzene rings is 1. The molecule has 1 aromatic rings. The second-order valence-corrected chi connectivity index (χ2v) is 5.03. The van der Waals surface area contributed by atoms with Crippen molar-refractivity contribution in [3.63, 3.8) is 0 Å². The first kappa shape index (κ1) is 16.0. The molecule has 0 N–H and O–H groups in total. The van der Waals surface area contributed by atoms with E-state index in [1.807, 2.05) is 0 Å². The van der Waals surface area contributed by atoms with E-state index in [-0.39, 0.29) is 17.5 Å². The average molecular weight is 332 g/mol. The van der Waals surface area contributed by atoms with Crippen LogP contribution in [-0.4, -0.2) is 36.3 Å². The Kier molecular flexibility index (Phi) is 7.48. The minimum absolute atomic E-state index is 0.0954. The molecule has 0 saturated carbocycles. The van der Waals surface area contributed by atoms with E-state index >= 15 is 0 Å². The Morgan fingerprint density at radius 1 is 1.37 bits per heavy atom. The molecule has 1 aromatic carbocycles. The summed E-state index contributed by atoms with van der Waals surface area (Å²) in [7, 11) is 1.74. The normalized spacial score (nSPS) is 10.3. The number of amides is 1. The summed E-state index contributed by atoms with van der Waals surface area (Å²) in [4.78, 5) is 13.3. The fourth-order valence-corrected chi connectivity index (χ4v) is 1.94. The van der Waals surface area contributed by atoms with Gasteiger partial charge in [-0.25, -0.2) is 4.39 Å². The van der Waals surface area contributed by atoms with E-state index in [2.05, 4.69) is 15.9 Å². The molecule has 19 heavy (non-hydrogen) atoms. The van der Waals surface area contributed by atoms with Gasteiger partial charge in [0.1, 0.15) is 6.61 Å². The van der Waals surface area contributed by atoms with Crippen LogP contribution in [0.1, 0.15) is 19.3 Å². The summed E-state index contributed by atoms with van der Waals surface area (Å²) in [6, 6.07) is 6.26. The van der Waals surface area contributed by atoms with Crippen LogP contribution in [0.25, 0.3) is 0 Å². The lowest BCUT2D eigenvalue weighted by atomic mass is 10.2. The number of para-hydroxylation sites is 1. The number of hydrogen-bond donors (Lipinski definition) is 0. The SMILES string of the molecule is CN(CCOc1ccccc1F)C(=O)CCCCBr. The number of carbonyl (C=O) groups is 1. The lowest BCUT2D eigenvalue weighted by molar-refractivity contribution is -0.130. The van der Waals surface area contributed by atoms with Crippen LogP contribution in [-0.2, 0) is 4.79 Å². The van der Waals surface area contributed by atoms with Gasteiger partial charge in [-0.3, -0.25) is 4.79 Å². The van der Waals surface area contributed by atoms with Gasteiger partial charge in [-0.15, -0.1) is 0 Å². The molecule has 1 rings (SSSR count). The Hall–Kier alpha value is -1.10. The van der Waals surface area contributed by atoms with Crippen molar-refractivity contribution in [2.24, 2.45) is 0 Å². The minimum atomic E-state index is -0.381. The molecular formula is C14H19BrFNO2. The highest BCUT2D eigenvalue weighted by Gasteiger charge is 2.08. The van der Waals surface area contributed by atoms with Crippen LogP contribution >= 0.6 is 15.9 Å². The maximum absolute atomic E-state index is 13.3. The monoisotopic (exact) mass is 331 g/mol. The van der Waals surface area contributed by atoms with Gasteiger partial charge < -0.3 is 9.64 Å². The molecule has 0 fully saturated rings. The van der Waals surface area contributed by atoms with Gasteiger partial charge in [0.25, 0.3) is 0 Å². The van der Waals surface area contributed by atoms with Crippen molar-refractivity contribution in [1.82, 2.24) is 4.90 Å². The first-order valence-electron chi connectivity index (χ1n) is 6.32. The zero-order valence-corrected chi connectivity index (χ0v) is 12.7. The quantitative estimate of drug-likeness (QED) is 0.540. The lowest BCUT2D eigenvalue weighted by Crippen LogP contribution is -2.30.